The molecule has 0 atom stereocenters. The van der Waals surface area contributed by atoms with Gasteiger partial charge in [0, 0.05) is 24.2 Å². The third-order valence-electron chi connectivity index (χ3n) is 8.43. The highest BCUT2D eigenvalue weighted by Crippen LogP contribution is 2.36. The van der Waals surface area contributed by atoms with Gasteiger partial charge in [-0.05, 0) is 102 Å². The van der Waals surface area contributed by atoms with Crippen molar-refractivity contribution in [2.75, 3.05) is 10.6 Å². The van der Waals surface area contributed by atoms with Crippen molar-refractivity contribution >= 4 is 47.1 Å². The van der Waals surface area contributed by atoms with Crippen LogP contribution in [0.3, 0.4) is 0 Å². The van der Waals surface area contributed by atoms with Crippen LogP contribution in [0.2, 0.25) is 0 Å². The minimum atomic E-state index is 0. The molecular formula is C52H50N2O. The van der Waals surface area contributed by atoms with Crippen LogP contribution in [-0.2, 0) is 0 Å². The Balaban J connectivity index is 0.000000621. The van der Waals surface area contributed by atoms with E-state index in [1.165, 1.54) is 16.7 Å². The lowest BCUT2D eigenvalue weighted by Gasteiger charge is -2.26. The quantitative estimate of drug-likeness (QED) is 0.107. The zero-order valence-electron chi connectivity index (χ0n) is 30.4. The highest BCUT2D eigenvalue weighted by molar-refractivity contribution is 5.78. The maximum Gasteiger partial charge on any atom is 0.127 e. The second-order valence-corrected chi connectivity index (χ2v) is 12.6. The highest BCUT2D eigenvalue weighted by atomic mass is 16.5. The van der Waals surface area contributed by atoms with Gasteiger partial charge in [0.2, 0.25) is 0 Å². The van der Waals surface area contributed by atoms with Gasteiger partial charge < -0.3 is 15.4 Å². The Hall–Kier alpha value is -7.10. The molecule has 0 fully saturated rings. The van der Waals surface area contributed by atoms with Crippen LogP contribution < -0.4 is 15.4 Å². The van der Waals surface area contributed by atoms with Crippen molar-refractivity contribution in [2.24, 2.45) is 0 Å². The Morgan fingerprint density at radius 2 is 0.727 bits per heavy atom. The fraction of sp³-hybridized carbons (Fsp3) is 0.0385. The number of anilines is 4. The zero-order chi connectivity index (χ0) is 37.2. The topological polar surface area (TPSA) is 38.5 Å². The van der Waals surface area contributed by atoms with E-state index in [4.69, 9.17) is 10.5 Å². The lowest BCUT2D eigenvalue weighted by molar-refractivity contribution is 0.483. The van der Waals surface area contributed by atoms with Gasteiger partial charge in [-0.1, -0.05) is 177 Å². The van der Waals surface area contributed by atoms with Crippen LogP contribution in [0.15, 0.2) is 212 Å². The van der Waals surface area contributed by atoms with Crippen LogP contribution in [-0.4, -0.2) is 0 Å². The normalized spacial score (nSPS) is 11.0. The molecule has 0 amide bonds. The highest BCUT2D eigenvalue weighted by Gasteiger charge is 2.13. The first-order valence-electron chi connectivity index (χ1n) is 18.0. The molecule has 2 N–H and O–H groups in total. The number of rotatable bonds is 11. The molecule has 0 aliphatic carbocycles. The van der Waals surface area contributed by atoms with Gasteiger partial charge >= 0.3 is 0 Å². The number of ether oxygens (including phenoxy) is 1. The van der Waals surface area contributed by atoms with Gasteiger partial charge in [0.1, 0.15) is 11.5 Å². The summed E-state index contributed by atoms with van der Waals surface area (Å²) in [5.41, 5.74) is 15.3. The molecule has 7 aromatic rings. The SMILES string of the molecule is C.C(/C=C/c1ccc(N(c2ccc(/C=C/C=C/c3ccccc3)cc2)c2ccc(Oc3ccccc3)cc2)cc1)=C\c1ccccc1.Cc1ccc(N)cc1.[HH]. The Morgan fingerprint density at radius 3 is 1.11 bits per heavy atom. The van der Waals surface area contributed by atoms with Crippen LogP contribution in [0.4, 0.5) is 22.7 Å². The summed E-state index contributed by atoms with van der Waals surface area (Å²) in [6, 6.07) is 63.8. The molecule has 0 saturated heterocycles. The summed E-state index contributed by atoms with van der Waals surface area (Å²) in [7, 11) is 0. The Bertz CT molecular complexity index is 2140. The number of para-hydroxylation sites is 1. The summed E-state index contributed by atoms with van der Waals surface area (Å²) >= 11 is 0. The lowest BCUT2D eigenvalue weighted by Crippen LogP contribution is -2.09. The van der Waals surface area contributed by atoms with Crippen LogP contribution in [0.1, 0.15) is 36.7 Å². The van der Waals surface area contributed by atoms with E-state index in [0.717, 1.165) is 45.4 Å². The fourth-order valence-electron chi connectivity index (χ4n) is 5.57. The van der Waals surface area contributed by atoms with Gasteiger partial charge in [-0.15, -0.1) is 0 Å². The molecule has 0 aromatic heterocycles. The fourth-order valence-corrected chi connectivity index (χ4v) is 5.57. The van der Waals surface area contributed by atoms with E-state index in [1.54, 1.807) is 0 Å². The van der Waals surface area contributed by atoms with E-state index in [-0.39, 0.29) is 8.85 Å². The summed E-state index contributed by atoms with van der Waals surface area (Å²) in [5, 5.41) is 0. The van der Waals surface area contributed by atoms with Crippen LogP contribution >= 0.6 is 0 Å². The monoisotopic (exact) mass is 718 g/mol. The smallest absolute Gasteiger partial charge is 0.127 e. The largest absolute Gasteiger partial charge is 0.457 e. The molecule has 3 nitrogen and oxygen atoms in total. The van der Waals surface area contributed by atoms with Gasteiger partial charge in [-0.3, -0.25) is 0 Å². The van der Waals surface area contributed by atoms with Crippen molar-refractivity contribution in [3.63, 3.8) is 0 Å². The molecule has 7 rings (SSSR count). The molecule has 0 heterocycles. The number of aryl methyl sites for hydroxylation is 1. The van der Waals surface area contributed by atoms with Crippen LogP contribution in [0, 0.1) is 6.92 Å². The standard InChI is InChI=1S/C44H35NO.C7H9N.CH4.H2/c1-4-14-36(15-5-1)18-10-12-20-38-24-28-40(29-25-38)45(42-32-34-44(35-33-42)46-43-22-8-3-9-23-43)41-30-26-39(27-31-41)21-13-11-19-37-16-6-2-7-17-37;1-6-2-4-7(8)5-3-6;;/h1-35H;2-5H,8H2,1H3;1H4;1H/b18-10+,19-11+,20-12+,21-13+;;;. The van der Waals surface area contributed by atoms with Gasteiger partial charge in [0.15, 0.2) is 0 Å². The Kier molecular flexibility index (Phi) is 14.8. The van der Waals surface area contributed by atoms with E-state index < -0.39 is 0 Å². The summed E-state index contributed by atoms with van der Waals surface area (Å²) in [5.74, 6) is 1.61. The predicted molar refractivity (Wildman–Crippen MR) is 241 cm³/mol. The molecule has 0 radical (unpaired) electrons. The first-order chi connectivity index (χ1) is 26.6. The van der Waals surface area contributed by atoms with Crippen molar-refractivity contribution in [3.05, 3.63) is 240 Å². The van der Waals surface area contributed by atoms with Crippen LogP contribution in [0.25, 0.3) is 24.3 Å². The number of allylic oxidation sites excluding steroid dienone is 4. The molecule has 0 aliphatic heterocycles. The Morgan fingerprint density at radius 1 is 0.400 bits per heavy atom. The third kappa shape index (κ3) is 12.5. The lowest BCUT2D eigenvalue weighted by atomic mass is 10.1. The van der Waals surface area contributed by atoms with Crippen molar-refractivity contribution < 1.29 is 6.16 Å². The molecule has 0 spiro atoms. The molecule has 274 valence electrons. The van der Waals surface area contributed by atoms with E-state index in [1.807, 2.05) is 110 Å². The van der Waals surface area contributed by atoms with Crippen molar-refractivity contribution in [2.45, 2.75) is 14.4 Å². The molecule has 0 unspecified atom stereocenters. The molecule has 7 aromatic carbocycles. The number of nitrogens with zero attached hydrogens (tertiary/aromatic N) is 1. The minimum Gasteiger partial charge on any atom is -0.457 e. The summed E-state index contributed by atoms with van der Waals surface area (Å²) in [6.07, 6.45) is 16.8. The molecule has 0 saturated carbocycles. The maximum absolute atomic E-state index is 6.06. The number of benzene rings is 7. The molecule has 0 aliphatic rings. The van der Waals surface area contributed by atoms with Gasteiger partial charge in [-0.2, -0.15) is 0 Å². The number of nitrogen functional groups attached to an aromatic ring is 1. The molecule has 3 heteroatoms. The molecule has 0 bridgehead atoms. The number of hydrogen-bond acceptors (Lipinski definition) is 3. The van der Waals surface area contributed by atoms with E-state index in [0.29, 0.717) is 0 Å². The summed E-state index contributed by atoms with van der Waals surface area (Å²) in [4.78, 5) is 2.26. The first-order valence-corrected chi connectivity index (χ1v) is 18.0. The minimum absolute atomic E-state index is 0. The van der Waals surface area contributed by atoms with Crippen molar-refractivity contribution in [1.82, 2.24) is 0 Å². The number of hydrogen-bond donors (Lipinski definition) is 1. The molecule has 55 heavy (non-hydrogen) atoms. The van der Waals surface area contributed by atoms with Gasteiger partial charge in [0.25, 0.3) is 0 Å². The van der Waals surface area contributed by atoms with E-state index >= 15 is 0 Å². The summed E-state index contributed by atoms with van der Waals surface area (Å²) in [6.45, 7) is 2.04. The van der Waals surface area contributed by atoms with Crippen molar-refractivity contribution in [3.8, 4) is 11.5 Å². The average molecular weight is 719 g/mol. The average Bonchev–Trinajstić information content (AvgIpc) is 3.22. The van der Waals surface area contributed by atoms with Gasteiger partial charge in [0.05, 0.1) is 0 Å². The van der Waals surface area contributed by atoms with Crippen molar-refractivity contribution in [1.29, 1.82) is 0 Å². The number of nitrogens with two attached hydrogens (primary N) is 1. The maximum atomic E-state index is 6.06. The second kappa shape index (κ2) is 20.8. The molecular weight excluding hydrogens is 669 g/mol. The second-order valence-electron chi connectivity index (χ2n) is 12.6. The predicted octanol–water partition coefficient (Wildman–Crippen LogP) is 14.9. The Labute approximate surface area is 328 Å². The zero-order valence-corrected chi connectivity index (χ0v) is 30.4. The van der Waals surface area contributed by atoms with Gasteiger partial charge in [-0.25, -0.2) is 0 Å². The summed E-state index contributed by atoms with van der Waals surface area (Å²) < 4.78 is 6.06. The third-order valence-corrected chi connectivity index (χ3v) is 8.43. The van der Waals surface area contributed by atoms with Crippen LogP contribution in [0.5, 0.6) is 11.5 Å². The van der Waals surface area contributed by atoms with E-state index in [9.17, 15) is 0 Å². The first kappa shape index (κ1) is 39.1. The van der Waals surface area contributed by atoms with E-state index in [2.05, 4.69) is 138 Å².